The lowest BCUT2D eigenvalue weighted by atomic mass is 9.70. The Bertz CT molecular complexity index is 6310. The predicted octanol–water partition coefficient (Wildman–Crippen LogP) is 23.9. The van der Waals surface area contributed by atoms with Crippen LogP contribution in [-0.2, 0) is 10.8 Å². The predicted molar refractivity (Wildman–Crippen MR) is 417 cm³/mol. The molecule has 22 rings (SSSR count). The Morgan fingerprint density at radius 2 is 0.735 bits per heavy atom. The van der Waals surface area contributed by atoms with Crippen molar-refractivity contribution < 1.29 is 0 Å². The van der Waals surface area contributed by atoms with Crippen molar-refractivity contribution in [2.75, 3.05) is 0 Å². The van der Waals surface area contributed by atoms with Crippen LogP contribution in [0.15, 0.2) is 363 Å². The SMILES string of the molecule is c1ccc(C2=Nc3cc(-c4nc(-c5ccc6c(c5)cc(-c5ccccc5)n6-c5ccccc5)c5cc(-c6ccc7c(c6)C6(c8ccccc8-c8ccccc86)c6ccccc6-7)cc(-c6ccc7c(c6)C6(c8ccccc8-c8ccccc86)c6ccccc6-7)c5n4)ccc3C2c2ccccc2)cc1. The summed E-state index contributed by atoms with van der Waals surface area (Å²) < 4.78 is 2.39. The maximum absolute atomic E-state index is 6.01. The highest BCUT2D eigenvalue weighted by molar-refractivity contribution is 6.12. The zero-order valence-electron chi connectivity index (χ0n) is 55.4. The summed E-state index contributed by atoms with van der Waals surface area (Å²) >= 11 is 0. The maximum atomic E-state index is 6.01. The molecular formula is C98H60N4. The van der Waals surface area contributed by atoms with Crippen molar-refractivity contribution in [2.24, 2.45) is 4.99 Å². The van der Waals surface area contributed by atoms with Gasteiger partial charge in [-0.2, -0.15) is 0 Å². The standard InChI is InChI=1S/C98H60N4/c1-5-25-60(26-6-1)91-59-68-53-65(48-52-90(68)102(91)69-31-11-4-12-32-69)93-80-55-67(63-45-49-76-74-37-17-23-43-85(74)97(87(76)56-63)81-39-19-13-33-70(81)71-34-14-20-40-82(71)97)54-79(64-46-50-77-75-38-18-24-44-86(75)98(88(77)57-64)83-41-21-15-35-72(83)73-36-16-22-42-84(73)98)95(80)101-96(100-93)66-47-51-78-89(58-66)99-94(62-29-9-3-10-30-62)92(78)61-27-7-2-8-28-61/h1-59,92H. The number of benzene rings is 15. The molecule has 0 amide bonds. The minimum atomic E-state index is -0.573. The van der Waals surface area contributed by atoms with Gasteiger partial charge in [-0.25, -0.2) is 9.97 Å². The van der Waals surface area contributed by atoms with Crippen LogP contribution in [0.5, 0.6) is 0 Å². The van der Waals surface area contributed by atoms with E-state index >= 15 is 0 Å². The number of aromatic nitrogens is 3. The van der Waals surface area contributed by atoms with E-state index in [4.69, 9.17) is 15.0 Å². The molecule has 4 aliphatic carbocycles. The van der Waals surface area contributed by atoms with E-state index in [0.717, 1.165) is 100 Å². The molecule has 0 fully saturated rings. The van der Waals surface area contributed by atoms with Crippen LogP contribution in [0.4, 0.5) is 5.69 Å². The normalized spacial score (nSPS) is 14.6. The van der Waals surface area contributed by atoms with Gasteiger partial charge in [0.1, 0.15) is 0 Å². The molecule has 0 bridgehead atoms. The van der Waals surface area contributed by atoms with Crippen molar-refractivity contribution in [1.82, 2.24) is 14.5 Å². The highest BCUT2D eigenvalue weighted by Gasteiger charge is 2.53. The molecule has 1 aliphatic heterocycles. The molecule has 1 atom stereocenters. The highest BCUT2D eigenvalue weighted by Crippen LogP contribution is 2.65. The first-order valence-corrected chi connectivity index (χ1v) is 35.4. The van der Waals surface area contributed by atoms with Gasteiger partial charge in [-0.1, -0.05) is 297 Å². The maximum Gasteiger partial charge on any atom is 0.160 e. The summed E-state index contributed by atoms with van der Waals surface area (Å²) in [5, 5.41) is 2.06. The summed E-state index contributed by atoms with van der Waals surface area (Å²) in [6.45, 7) is 0. The Morgan fingerprint density at radius 3 is 1.28 bits per heavy atom. The van der Waals surface area contributed by atoms with Gasteiger partial charge in [0.05, 0.1) is 50.6 Å². The number of rotatable bonds is 8. The second-order valence-electron chi connectivity index (χ2n) is 27.9. The smallest absolute Gasteiger partial charge is 0.160 e. The summed E-state index contributed by atoms with van der Waals surface area (Å²) in [4.78, 5) is 17.5. The molecule has 0 radical (unpaired) electrons. The summed E-state index contributed by atoms with van der Waals surface area (Å²) in [6, 6.07) is 133. The van der Waals surface area contributed by atoms with Crippen LogP contribution < -0.4 is 0 Å². The number of fused-ring (bicyclic) bond motifs is 23. The fraction of sp³-hybridized carbons (Fsp3) is 0.0306. The molecule has 3 heterocycles. The van der Waals surface area contributed by atoms with Gasteiger partial charge in [-0.3, -0.25) is 4.99 Å². The monoisotopic (exact) mass is 1290 g/mol. The zero-order valence-corrected chi connectivity index (χ0v) is 55.4. The van der Waals surface area contributed by atoms with Gasteiger partial charge in [-0.05, 0) is 189 Å². The molecule has 0 saturated carbocycles. The average molecular weight is 1290 g/mol. The first-order valence-electron chi connectivity index (χ1n) is 35.4. The van der Waals surface area contributed by atoms with E-state index in [2.05, 4.69) is 362 Å². The van der Waals surface area contributed by atoms with E-state index in [9.17, 15) is 0 Å². The van der Waals surface area contributed by atoms with Crippen LogP contribution >= 0.6 is 0 Å². The second-order valence-corrected chi connectivity index (χ2v) is 27.9. The van der Waals surface area contributed by atoms with Crippen LogP contribution in [0.1, 0.15) is 67.1 Å². The Morgan fingerprint density at radius 1 is 0.284 bits per heavy atom. The molecule has 2 aromatic heterocycles. The highest BCUT2D eigenvalue weighted by atomic mass is 15.0. The van der Waals surface area contributed by atoms with Crippen molar-refractivity contribution >= 4 is 33.2 Å². The Kier molecular flexibility index (Phi) is 12.1. The quantitative estimate of drug-likeness (QED) is 0.152. The van der Waals surface area contributed by atoms with E-state index in [1.807, 2.05) is 0 Å². The van der Waals surface area contributed by atoms with Crippen molar-refractivity contribution in [2.45, 2.75) is 16.7 Å². The van der Waals surface area contributed by atoms with Crippen molar-refractivity contribution in [1.29, 1.82) is 0 Å². The molecule has 472 valence electrons. The molecule has 0 saturated heterocycles. The first kappa shape index (κ1) is 56.8. The van der Waals surface area contributed by atoms with Crippen LogP contribution in [0.25, 0.3) is 128 Å². The van der Waals surface area contributed by atoms with Gasteiger partial charge in [0, 0.05) is 33.2 Å². The minimum Gasteiger partial charge on any atom is -0.309 e. The Balaban J connectivity index is 0.834. The summed E-state index contributed by atoms with van der Waals surface area (Å²) in [6.07, 6.45) is 0. The molecule has 17 aromatic rings. The van der Waals surface area contributed by atoms with E-state index in [1.54, 1.807) is 0 Å². The fourth-order valence-corrected chi connectivity index (χ4v) is 18.7. The third-order valence-corrected chi connectivity index (χ3v) is 22.9. The molecule has 2 spiro atoms. The van der Waals surface area contributed by atoms with Gasteiger partial charge in [0.2, 0.25) is 0 Å². The molecular weight excluding hydrogens is 1230 g/mol. The van der Waals surface area contributed by atoms with Crippen LogP contribution in [-0.4, -0.2) is 20.2 Å². The lowest BCUT2D eigenvalue weighted by Gasteiger charge is -2.31. The zero-order chi connectivity index (χ0) is 66.8. The summed E-state index contributed by atoms with van der Waals surface area (Å²) in [7, 11) is 0. The number of hydrogen-bond donors (Lipinski definition) is 0. The minimum absolute atomic E-state index is 0.0547. The van der Waals surface area contributed by atoms with E-state index in [0.29, 0.717) is 5.82 Å². The van der Waals surface area contributed by atoms with E-state index in [-0.39, 0.29) is 5.92 Å². The van der Waals surface area contributed by atoms with Crippen LogP contribution in [0.3, 0.4) is 0 Å². The van der Waals surface area contributed by atoms with Crippen molar-refractivity contribution in [3.8, 4) is 106 Å². The van der Waals surface area contributed by atoms with Gasteiger partial charge < -0.3 is 4.57 Å². The molecule has 4 nitrogen and oxygen atoms in total. The number of hydrogen-bond acceptors (Lipinski definition) is 3. The summed E-state index contributed by atoms with van der Waals surface area (Å²) in [5.41, 5.74) is 37.2. The Labute approximate surface area is 591 Å². The van der Waals surface area contributed by atoms with Gasteiger partial charge in [0.15, 0.2) is 5.82 Å². The molecule has 4 heteroatoms. The van der Waals surface area contributed by atoms with Gasteiger partial charge in [0.25, 0.3) is 0 Å². The lowest BCUT2D eigenvalue weighted by Crippen LogP contribution is -2.25. The number of aliphatic imine (C=N–C) groups is 1. The van der Waals surface area contributed by atoms with Crippen molar-refractivity contribution in [3.05, 3.63) is 419 Å². The van der Waals surface area contributed by atoms with Gasteiger partial charge >= 0.3 is 0 Å². The average Bonchev–Trinajstić information content (AvgIpc) is 1.51. The number of para-hydroxylation sites is 1. The molecule has 5 aliphatic rings. The second kappa shape index (κ2) is 21.7. The van der Waals surface area contributed by atoms with E-state index in [1.165, 1.54) is 94.6 Å². The first-order chi connectivity index (χ1) is 50.6. The molecule has 15 aromatic carbocycles. The Hall–Kier alpha value is -13.2. The molecule has 0 N–H and O–H groups in total. The van der Waals surface area contributed by atoms with Crippen molar-refractivity contribution in [3.63, 3.8) is 0 Å². The van der Waals surface area contributed by atoms with Crippen LogP contribution in [0.2, 0.25) is 0 Å². The van der Waals surface area contributed by atoms with E-state index < -0.39 is 10.8 Å². The fourth-order valence-electron chi connectivity index (χ4n) is 18.7. The van der Waals surface area contributed by atoms with Crippen LogP contribution in [0, 0.1) is 0 Å². The lowest BCUT2D eigenvalue weighted by molar-refractivity contribution is 0.794. The number of nitrogens with zero attached hydrogens (tertiary/aromatic N) is 4. The van der Waals surface area contributed by atoms with Gasteiger partial charge in [-0.15, -0.1) is 0 Å². The topological polar surface area (TPSA) is 43.1 Å². The molecule has 1 unspecified atom stereocenters. The largest absolute Gasteiger partial charge is 0.309 e. The third-order valence-electron chi connectivity index (χ3n) is 22.9. The molecule has 102 heavy (non-hydrogen) atoms. The third kappa shape index (κ3) is 7.89. The summed E-state index contributed by atoms with van der Waals surface area (Å²) in [5.74, 6) is 0.571.